The van der Waals surface area contributed by atoms with Gasteiger partial charge in [0.2, 0.25) is 17.7 Å². The molecule has 8 nitrogen and oxygen atoms in total. The van der Waals surface area contributed by atoms with Crippen LogP contribution < -0.4 is 10.2 Å². The lowest BCUT2D eigenvalue weighted by molar-refractivity contribution is 0.122. The molecule has 1 saturated heterocycles. The number of hydrogen-bond acceptors (Lipinski definition) is 8. The zero-order valence-corrected chi connectivity index (χ0v) is 15.2. The van der Waals surface area contributed by atoms with Gasteiger partial charge in [-0.2, -0.15) is 4.98 Å². The first-order chi connectivity index (χ1) is 12.8. The second kappa shape index (κ2) is 7.99. The maximum absolute atomic E-state index is 5.65. The van der Waals surface area contributed by atoms with E-state index in [0.29, 0.717) is 12.0 Å². The fourth-order valence-corrected chi connectivity index (χ4v) is 3.71. The lowest BCUT2D eigenvalue weighted by Gasteiger charge is -2.27. The average molecular weight is 358 g/mol. The van der Waals surface area contributed by atoms with Crippen molar-refractivity contribution in [2.75, 3.05) is 36.5 Å². The summed E-state index contributed by atoms with van der Waals surface area (Å²) >= 11 is 0. The topological polar surface area (TPSA) is 89.2 Å². The molecule has 4 rings (SSSR count). The van der Waals surface area contributed by atoms with Gasteiger partial charge in [0.1, 0.15) is 5.82 Å². The van der Waals surface area contributed by atoms with E-state index < -0.39 is 0 Å². The summed E-state index contributed by atoms with van der Waals surface area (Å²) in [5.41, 5.74) is 0. The highest BCUT2D eigenvalue weighted by molar-refractivity contribution is 5.42. The van der Waals surface area contributed by atoms with Gasteiger partial charge >= 0.3 is 0 Å². The Morgan fingerprint density at radius 2 is 2.04 bits per heavy atom. The van der Waals surface area contributed by atoms with Crippen LogP contribution in [0, 0.1) is 5.92 Å². The van der Waals surface area contributed by atoms with E-state index in [2.05, 4.69) is 25.4 Å². The number of aryl methyl sites for hydroxylation is 1. The zero-order chi connectivity index (χ0) is 17.8. The number of aromatic nitrogens is 4. The van der Waals surface area contributed by atoms with Gasteiger partial charge in [0.15, 0.2) is 0 Å². The number of morpholine rings is 1. The molecule has 2 fully saturated rings. The fourth-order valence-electron chi connectivity index (χ4n) is 3.71. The number of ether oxygens (including phenoxy) is 1. The van der Waals surface area contributed by atoms with Crippen LogP contribution in [0.25, 0.3) is 0 Å². The predicted octanol–water partition coefficient (Wildman–Crippen LogP) is 2.08. The minimum Gasteiger partial charge on any atom is -0.425 e. The van der Waals surface area contributed by atoms with Crippen LogP contribution in [0.15, 0.2) is 16.7 Å². The molecule has 0 bridgehead atoms. The average Bonchev–Trinajstić information content (AvgIpc) is 3.32. The first-order valence-corrected chi connectivity index (χ1v) is 9.53. The van der Waals surface area contributed by atoms with Gasteiger partial charge in [-0.05, 0) is 31.2 Å². The van der Waals surface area contributed by atoms with Crippen LogP contribution in [0.5, 0.6) is 0 Å². The Kier molecular flexibility index (Phi) is 5.29. The number of anilines is 2. The van der Waals surface area contributed by atoms with E-state index in [-0.39, 0.29) is 0 Å². The van der Waals surface area contributed by atoms with Crippen molar-refractivity contribution in [3.63, 3.8) is 0 Å². The summed E-state index contributed by atoms with van der Waals surface area (Å²) in [7, 11) is 0. The van der Waals surface area contributed by atoms with E-state index in [1.54, 1.807) is 0 Å². The Morgan fingerprint density at radius 3 is 2.85 bits per heavy atom. The number of nitrogens with one attached hydrogen (secondary N) is 1. The van der Waals surface area contributed by atoms with Crippen molar-refractivity contribution in [1.82, 2.24) is 20.2 Å². The lowest BCUT2D eigenvalue weighted by Crippen LogP contribution is -2.37. The second-order valence-corrected chi connectivity index (χ2v) is 7.01. The summed E-state index contributed by atoms with van der Waals surface area (Å²) in [5, 5.41) is 11.8. The van der Waals surface area contributed by atoms with Crippen LogP contribution >= 0.6 is 0 Å². The molecule has 1 aliphatic heterocycles. The van der Waals surface area contributed by atoms with Crippen LogP contribution in [0.3, 0.4) is 0 Å². The van der Waals surface area contributed by atoms with E-state index in [0.717, 1.165) is 75.5 Å². The number of nitrogens with zero attached hydrogens (tertiary/aromatic N) is 5. The first kappa shape index (κ1) is 17.2. The third kappa shape index (κ3) is 4.12. The van der Waals surface area contributed by atoms with Crippen LogP contribution in [0.1, 0.15) is 38.0 Å². The first-order valence-electron chi connectivity index (χ1n) is 9.53. The van der Waals surface area contributed by atoms with Crippen molar-refractivity contribution in [1.29, 1.82) is 0 Å². The maximum atomic E-state index is 5.65. The van der Waals surface area contributed by atoms with Crippen LogP contribution in [0.2, 0.25) is 0 Å². The normalized spacial score (nSPS) is 23.3. The molecule has 0 aromatic carbocycles. The summed E-state index contributed by atoms with van der Waals surface area (Å²) in [4.78, 5) is 11.3. The summed E-state index contributed by atoms with van der Waals surface area (Å²) in [6.45, 7) is 5.19. The summed E-state index contributed by atoms with van der Waals surface area (Å²) < 4.78 is 11.1. The Bertz CT molecular complexity index is 715. The minimum absolute atomic E-state index is 0.431. The Balaban J connectivity index is 1.32. The molecule has 2 aromatic rings. The van der Waals surface area contributed by atoms with Gasteiger partial charge in [-0.25, -0.2) is 4.98 Å². The van der Waals surface area contributed by atoms with E-state index in [1.807, 2.05) is 19.2 Å². The van der Waals surface area contributed by atoms with Gasteiger partial charge in [0.05, 0.1) is 13.2 Å². The molecule has 1 N–H and O–H groups in total. The molecule has 2 aliphatic rings. The zero-order valence-electron chi connectivity index (χ0n) is 15.2. The van der Waals surface area contributed by atoms with Gasteiger partial charge in [-0.3, -0.25) is 0 Å². The van der Waals surface area contributed by atoms with Crippen molar-refractivity contribution < 1.29 is 9.15 Å². The molecule has 0 amide bonds. The second-order valence-electron chi connectivity index (χ2n) is 7.01. The monoisotopic (exact) mass is 358 g/mol. The molecule has 1 saturated carbocycles. The highest BCUT2D eigenvalue weighted by Crippen LogP contribution is 2.30. The SMILES string of the molecule is CCc1nnc(C[C@@H]2CC[C@H](Nc3ccnc(N4CCOCC4)n3)C2)o1. The maximum Gasteiger partial charge on any atom is 0.227 e. The largest absolute Gasteiger partial charge is 0.425 e. The Labute approximate surface area is 153 Å². The van der Waals surface area contributed by atoms with Crippen LogP contribution in [-0.2, 0) is 17.6 Å². The van der Waals surface area contributed by atoms with Gasteiger partial charge in [0, 0.05) is 38.2 Å². The molecular formula is C18H26N6O2. The number of rotatable bonds is 6. The van der Waals surface area contributed by atoms with E-state index in [4.69, 9.17) is 14.1 Å². The molecule has 3 heterocycles. The van der Waals surface area contributed by atoms with E-state index in [9.17, 15) is 0 Å². The minimum atomic E-state index is 0.431. The highest BCUT2D eigenvalue weighted by Gasteiger charge is 2.27. The molecule has 1 aliphatic carbocycles. The Hall–Kier alpha value is -2.22. The number of hydrogen-bond donors (Lipinski definition) is 1. The van der Waals surface area contributed by atoms with Crippen molar-refractivity contribution in [3.05, 3.63) is 24.0 Å². The van der Waals surface area contributed by atoms with Gasteiger partial charge in [-0.1, -0.05) is 6.92 Å². The molecule has 8 heteroatoms. The highest BCUT2D eigenvalue weighted by atomic mass is 16.5. The van der Waals surface area contributed by atoms with Gasteiger partial charge < -0.3 is 19.4 Å². The molecule has 2 aromatic heterocycles. The van der Waals surface area contributed by atoms with Crippen LogP contribution in [0.4, 0.5) is 11.8 Å². The molecule has 0 unspecified atom stereocenters. The van der Waals surface area contributed by atoms with Crippen molar-refractivity contribution in [3.8, 4) is 0 Å². The van der Waals surface area contributed by atoms with E-state index in [1.165, 1.54) is 6.42 Å². The van der Waals surface area contributed by atoms with E-state index >= 15 is 0 Å². The third-order valence-corrected chi connectivity index (χ3v) is 5.10. The predicted molar refractivity (Wildman–Crippen MR) is 97.2 cm³/mol. The molecule has 26 heavy (non-hydrogen) atoms. The van der Waals surface area contributed by atoms with Gasteiger partial charge in [-0.15, -0.1) is 10.2 Å². The summed E-state index contributed by atoms with van der Waals surface area (Å²) in [6.07, 6.45) is 6.90. The molecular weight excluding hydrogens is 332 g/mol. The lowest BCUT2D eigenvalue weighted by atomic mass is 10.0. The van der Waals surface area contributed by atoms with Crippen LogP contribution in [-0.4, -0.2) is 52.5 Å². The third-order valence-electron chi connectivity index (χ3n) is 5.10. The molecule has 0 spiro atoms. The molecule has 2 atom stereocenters. The van der Waals surface area contributed by atoms with Crippen molar-refractivity contribution in [2.24, 2.45) is 5.92 Å². The summed E-state index contributed by atoms with van der Waals surface area (Å²) in [5.74, 6) is 3.76. The summed E-state index contributed by atoms with van der Waals surface area (Å²) in [6, 6.07) is 2.38. The Morgan fingerprint density at radius 1 is 1.19 bits per heavy atom. The standard InChI is InChI=1S/C18H26N6O2/c1-2-16-22-23-17(26-16)12-13-3-4-14(11-13)20-15-5-6-19-18(21-15)24-7-9-25-10-8-24/h5-6,13-14H,2-4,7-12H2,1H3,(H,19,20,21)/t13-,14+/m1/s1. The quantitative estimate of drug-likeness (QED) is 0.839. The fraction of sp³-hybridized carbons (Fsp3) is 0.667. The molecule has 0 radical (unpaired) electrons. The van der Waals surface area contributed by atoms with Gasteiger partial charge in [0.25, 0.3) is 0 Å². The van der Waals surface area contributed by atoms with Crippen molar-refractivity contribution >= 4 is 11.8 Å². The van der Waals surface area contributed by atoms with Crippen molar-refractivity contribution in [2.45, 2.75) is 45.1 Å². The molecule has 140 valence electrons. The smallest absolute Gasteiger partial charge is 0.227 e.